The number of allylic oxidation sites excluding steroid dienone is 2. The van der Waals surface area contributed by atoms with Gasteiger partial charge in [0.25, 0.3) is 0 Å². The molecule has 0 spiro atoms. The van der Waals surface area contributed by atoms with Crippen LogP contribution >= 0.6 is 0 Å². The molecule has 0 amide bonds. The van der Waals surface area contributed by atoms with Crippen molar-refractivity contribution in [1.82, 2.24) is 0 Å². The lowest BCUT2D eigenvalue weighted by Crippen LogP contribution is -2.49. The van der Waals surface area contributed by atoms with E-state index in [1.54, 1.807) is 0 Å². The van der Waals surface area contributed by atoms with E-state index in [0.29, 0.717) is 12.8 Å². The quantitative estimate of drug-likeness (QED) is 0.189. The van der Waals surface area contributed by atoms with E-state index >= 15 is 0 Å². The van der Waals surface area contributed by atoms with E-state index in [0.717, 1.165) is 38.5 Å². The Hall–Kier alpha value is -0.600. The maximum absolute atomic E-state index is 10.7. The number of rotatable bonds is 19. The Balaban J connectivity index is 3.79. The molecule has 26 heavy (non-hydrogen) atoms. The van der Waals surface area contributed by atoms with Crippen LogP contribution in [-0.4, -0.2) is 21.4 Å². The minimum absolute atomic E-state index is 0.689. The molecule has 154 valence electrons. The van der Waals surface area contributed by atoms with Gasteiger partial charge in [-0.05, 0) is 52.4 Å². The highest BCUT2D eigenvalue weighted by atomic mass is 16.4. The summed E-state index contributed by atoms with van der Waals surface area (Å²) in [5.74, 6) is 0. The van der Waals surface area contributed by atoms with Crippen molar-refractivity contribution in [2.75, 3.05) is 0 Å². The first-order valence-corrected chi connectivity index (χ1v) is 11.0. The second-order valence-corrected chi connectivity index (χ2v) is 8.45. The molecular formula is C24H46O2. The van der Waals surface area contributed by atoms with Crippen LogP contribution in [0.25, 0.3) is 0 Å². The van der Waals surface area contributed by atoms with Crippen LogP contribution in [0.1, 0.15) is 117 Å². The zero-order valence-electron chi connectivity index (χ0n) is 17.8. The molecule has 0 rings (SSSR count). The summed E-state index contributed by atoms with van der Waals surface area (Å²) >= 11 is 0. The van der Waals surface area contributed by atoms with Gasteiger partial charge < -0.3 is 10.2 Å². The lowest BCUT2D eigenvalue weighted by Gasteiger charge is -2.39. The fraction of sp³-hybridized carbons (Fsp3) is 0.833. The van der Waals surface area contributed by atoms with Crippen molar-refractivity contribution in [2.45, 2.75) is 128 Å². The molecule has 0 unspecified atom stereocenters. The van der Waals surface area contributed by atoms with Crippen LogP contribution in [0.5, 0.6) is 0 Å². The first-order chi connectivity index (χ1) is 12.4. The van der Waals surface area contributed by atoms with Crippen LogP contribution < -0.4 is 0 Å². The minimum atomic E-state index is -0.986. The van der Waals surface area contributed by atoms with E-state index in [4.69, 9.17) is 0 Å². The third-order valence-corrected chi connectivity index (χ3v) is 5.80. The van der Waals surface area contributed by atoms with Crippen LogP contribution in [0, 0.1) is 0 Å². The van der Waals surface area contributed by atoms with Crippen molar-refractivity contribution in [3.05, 3.63) is 25.3 Å². The Morgan fingerprint density at radius 3 is 1.12 bits per heavy atom. The molecule has 0 bridgehead atoms. The molecule has 2 atom stereocenters. The summed E-state index contributed by atoms with van der Waals surface area (Å²) in [5, 5.41) is 21.5. The van der Waals surface area contributed by atoms with Gasteiger partial charge in [-0.3, -0.25) is 0 Å². The number of hydrogen-bond acceptors (Lipinski definition) is 2. The fourth-order valence-corrected chi connectivity index (χ4v) is 3.47. The van der Waals surface area contributed by atoms with Crippen LogP contribution in [0.2, 0.25) is 0 Å². The Morgan fingerprint density at radius 2 is 0.808 bits per heavy atom. The van der Waals surface area contributed by atoms with Crippen molar-refractivity contribution in [2.24, 2.45) is 0 Å². The first-order valence-electron chi connectivity index (χ1n) is 11.0. The van der Waals surface area contributed by atoms with Crippen molar-refractivity contribution in [3.8, 4) is 0 Å². The maximum Gasteiger partial charge on any atom is 0.0902 e. The molecule has 0 fully saturated rings. The average molecular weight is 367 g/mol. The summed E-state index contributed by atoms with van der Waals surface area (Å²) < 4.78 is 0. The zero-order valence-corrected chi connectivity index (χ0v) is 17.8. The van der Waals surface area contributed by atoms with E-state index in [2.05, 4.69) is 13.2 Å². The highest BCUT2D eigenvalue weighted by Crippen LogP contribution is 2.32. The van der Waals surface area contributed by atoms with Gasteiger partial charge in [0, 0.05) is 0 Å². The Morgan fingerprint density at radius 1 is 0.538 bits per heavy atom. The molecule has 0 saturated carbocycles. The van der Waals surface area contributed by atoms with Gasteiger partial charge in [0.05, 0.1) is 11.2 Å². The van der Waals surface area contributed by atoms with E-state index in [1.165, 1.54) is 51.4 Å². The maximum atomic E-state index is 10.7. The molecule has 0 aliphatic heterocycles. The van der Waals surface area contributed by atoms with Gasteiger partial charge in [-0.15, -0.1) is 13.2 Å². The molecule has 2 N–H and O–H groups in total. The van der Waals surface area contributed by atoms with Crippen LogP contribution in [0.3, 0.4) is 0 Å². The van der Waals surface area contributed by atoms with E-state index in [9.17, 15) is 10.2 Å². The third kappa shape index (κ3) is 12.7. The van der Waals surface area contributed by atoms with E-state index < -0.39 is 11.2 Å². The van der Waals surface area contributed by atoms with Gasteiger partial charge in [0.1, 0.15) is 0 Å². The summed E-state index contributed by atoms with van der Waals surface area (Å²) in [6.07, 6.45) is 21.9. The van der Waals surface area contributed by atoms with Gasteiger partial charge in [-0.25, -0.2) is 0 Å². The Kier molecular flexibility index (Phi) is 15.1. The first kappa shape index (κ1) is 25.4. The standard InChI is InChI=1S/C24H46O2/c1-5-7-9-11-13-15-17-19-21-23(3,25)24(4,26)22-20-18-16-14-12-10-8-6-2/h5-6,25-26H,1-2,7-22H2,3-4H3/t23-,24-/m1/s1. The lowest BCUT2D eigenvalue weighted by molar-refractivity contribution is -0.140. The van der Waals surface area contributed by atoms with Gasteiger partial charge >= 0.3 is 0 Å². The molecule has 2 heteroatoms. The van der Waals surface area contributed by atoms with Gasteiger partial charge in [0.15, 0.2) is 0 Å². The molecule has 0 aliphatic carbocycles. The highest BCUT2D eigenvalue weighted by molar-refractivity contribution is 4.93. The van der Waals surface area contributed by atoms with E-state index in [1.807, 2.05) is 26.0 Å². The Labute approximate surface area is 163 Å². The average Bonchev–Trinajstić information content (AvgIpc) is 2.59. The summed E-state index contributed by atoms with van der Waals surface area (Å²) in [6.45, 7) is 11.1. The largest absolute Gasteiger partial charge is 0.387 e. The molecule has 0 radical (unpaired) electrons. The molecule has 0 aromatic carbocycles. The molecule has 0 aliphatic rings. The van der Waals surface area contributed by atoms with Crippen molar-refractivity contribution >= 4 is 0 Å². The molecule has 0 aromatic heterocycles. The summed E-state index contributed by atoms with van der Waals surface area (Å²) in [6, 6.07) is 0. The van der Waals surface area contributed by atoms with Crippen LogP contribution in [0.15, 0.2) is 25.3 Å². The van der Waals surface area contributed by atoms with Gasteiger partial charge in [0.2, 0.25) is 0 Å². The van der Waals surface area contributed by atoms with Crippen molar-refractivity contribution < 1.29 is 10.2 Å². The lowest BCUT2D eigenvalue weighted by atomic mass is 9.78. The number of unbranched alkanes of at least 4 members (excludes halogenated alkanes) is 12. The topological polar surface area (TPSA) is 40.5 Å². The molecule has 0 heterocycles. The van der Waals surface area contributed by atoms with Gasteiger partial charge in [-0.1, -0.05) is 76.4 Å². The van der Waals surface area contributed by atoms with Crippen LogP contribution in [-0.2, 0) is 0 Å². The summed E-state index contributed by atoms with van der Waals surface area (Å²) in [7, 11) is 0. The van der Waals surface area contributed by atoms with Crippen LogP contribution in [0.4, 0.5) is 0 Å². The monoisotopic (exact) mass is 366 g/mol. The normalized spacial score (nSPS) is 16.0. The summed E-state index contributed by atoms with van der Waals surface area (Å²) in [4.78, 5) is 0. The Bertz CT molecular complexity index is 310. The van der Waals surface area contributed by atoms with E-state index in [-0.39, 0.29) is 0 Å². The predicted molar refractivity (Wildman–Crippen MR) is 116 cm³/mol. The smallest absolute Gasteiger partial charge is 0.0902 e. The fourth-order valence-electron chi connectivity index (χ4n) is 3.47. The second kappa shape index (κ2) is 15.5. The molecule has 0 saturated heterocycles. The zero-order chi connectivity index (χ0) is 19.7. The highest BCUT2D eigenvalue weighted by Gasteiger charge is 2.40. The van der Waals surface area contributed by atoms with Gasteiger partial charge in [-0.2, -0.15) is 0 Å². The van der Waals surface area contributed by atoms with Crippen molar-refractivity contribution in [1.29, 1.82) is 0 Å². The summed E-state index contributed by atoms with van der Waals surface area (Å²) in [5.41, 5.74) is -1.97. The third-order valence-electron chi connectivity index (χ3n) is 5.80. The predicted octanol–water partition coefficient (Wildman–Crippen LogP) is 7.10. The minimum Gasteiger partial charge on any atom is -0.387 e. The SMILES string of the molecule is C=CCCCCCCCC[C@@](C)(O)[C@](C)(O)CCCCCCCCC=C. The molecular weight excluding hydrogens is 320 g/mol. The van der Waals surface area contributed by atoms with Crippen molar-refractivity contribution in [3.63, 3.8) is 0 Å². The molecule has 2 nitrogen and oxygen atoms in total. The number of aliphatic hydroxyl groups is 2. The second-order valence-electron chi connectivity index (χ2n) is 8.45. The molecule has 0 aromatic rings. The number of hydrogen-bond donors (Lipinski definition) is 2.